The third-order valence-electron chi connectivity index (χ3n) is 2.00. The standard InChI is InChI=1S/C10H11N5O/c11-7-1-6(2-8(12)3-7)10(16)15-9-4-13-14-5-9/h1-5H,11-12H2,(H,13,14)(H,15,16). The van der Waals surface area contributed by atoms with Crippen molar-refractivity contribution < 1.29 is 4.79 Å². The van der Waals surface area contributed by atoms with Gasteiger partial charge in [0.2, 0.25) is 0 Å². The Bertz CT molecular complexity index is 486. The van der Waals surface area contributed by atoms with Crippen LogP contribution < -0.4 is 16.8 Å². The maximum absolute atomic E-state index is 11.8. The quantitative estimate of drug-likeness (QED) is 0.558. The van der Waals surface area contributed by atoms with Crippen molar-refractivity contribution in [1.82, 2.24) is 10.2 Å². The molecule has 0 aliphatic carbocycles. The minimum absolute atomic E-state index is 0.277. The zero-order chi connectivity index (χ0) is 11.5. The third-order valence-corrected chi connectivity index (χ3v) is 2.00. The lowest BCUT2D eigenvalue weighted by atomic mass is 10.1. The number of benzene rings is 1. The number of aromatic amines is 1. The molecule has 0 bridgehead atoms. The van der Waals surface area contributed by atoms with Gasteiger partial charge in [-0.05, 0) is 18.2 Å². The predicted octanol–water partition coefficient (Wildman–Crippen LogP) is 0.826. The maximum Gasteiger partial charge on any atom is 0.255 e. The summed E-state index contributed by atoms with van der Waals surface area (Å²) in [7, 11) is 0. The summed E-state index contributed by atoms with van der Waals surface area (Å²) in [4.78, 5) is 11.8. The molecule has 16 heavy (non-hydrogen) atoms. The predicted molar refractivity (Wildman–Crippen MR) is 61.8 cm³/mol. The average molecular weight is 217 g/mol. The second-order valence-electron chi connectivity index (χ2n) is 3.33. The van der Waals surface area contributed by atoms with E-state index >= 15 is 0 Å². The molecule has 0 aliphatic heterocycles. The van der Waals surface area contributed by atoms with Gasteiger partial charge in [0.15, 0.2) is 0 Å². The van der Waals surface area contributed by atoms with Gasteiger partial charge in [-0.2, -0.15) is 5.10 Å². The number of amides is 1. The Morgan fingerprint density at radius 2 is 1.94 bits per heavy atom. The molecule has 6 nitrogen and oxygen atoms in total. The maximum atomic E-state index is 11.8. The van der Waals surface area contributed by atoms with E-state index < -0.39 is 0 Å². The summed E-state index contributed by atoms with van der Waals surface area (Å²) >= 11 is 0. The SMILES string of the molecule is Nc1cc(N)cc(C(=O)Nc2cn[nH]c2)c1. The molecule has 1 aromatic carbocycles. The number of carbonyl (C=O) groups is 1. The van der Waals surface area contributed by atoms with E-state index in [4.69, 9.17) is 11.5 Å². The molecule has 0 saturated carbocycles. The minimum Gasteiger partial charge on any atom is -0.399 e. The first-order valence-corrected chi connectivity index (χ1v) is 4.61. The summed E-state index contributed by atoms with van der Waals surface area (Å²) in [5.41, 5.74) is 13.1. The molecule has 82 valence electrons. The fraction of sp³-hybridized carbons (Fsp3) is 0. The molecule has 1 heterocycles. The van der Waals surface area contributed by atoms with Crippen LogP contribution in [0.5, 0.6) is 0 Å². The lowest BCUT2D eigenvalue weighted by Crippen LogP contribution is -2.12. The van der Waals surface area contributed by atoms with Crippen molar-refractivity contribution in [1.29, 1.82) is 0 Å². The van der Waals surface area contributed by atoms with Gasteiger partial charge in [-0.1, -0.05) is 0 Å². The topological polar surface area (TPSA) is 110 Å². The highest BCUT2D eigenvalue weighted by atomic mass is 16.1. The second kappa shape index (κ2) is 3.93. The monoisotopic (exact) mass is 217 g/mol. The van der Waals surface area contributed by atoms with Crippen LogP contribution in [0.25, 0.3) is 0 Å². The number of rotatable bonds is 2. The first kappa shape index (κ1) is 10.0. The van der Waals surface area contributed by atoms with Gasteiger partial charge >= 0.3 is 0 Å². The van der Waals surface area contributed by atoms with E-state index in [1.807, 2.05) is 0 Å². The molecule has 2 aromatic rings. The molecule has 0 radical (unpaired) electrons. The Morgan fingerprint density at radius 1 is 1.25 bits per heavy atom. The van der Waals surface area contributed by atoms with Gasteiger partial charge in [-0.25, -0.2) is 0 Å². The smallest absolute Gasteiger partial charge is 0.255 e. The number of anilines is 3. The van der Waals surface area contributed by atoms with Crippen LogP contribution in [-0.2, 0) is 0 Å². The van der Waals surface area contributed by atoms with Gasteiger partial charge < -0.3 is 16.8 Å². The van der Waals surface area contributed by atoms with Gasteiger partial charge in [0.1, 0.15) is 0 Å². The van der Waals surface area contributed by atoms with Gasteiger partial charge in [0.05, 0.1) is 11.9 Å². The molecule has 0 spiro atoms. The summed E-state index contributed by atoms with van der Waals surface area (Å²) in [6.07, 6.45) is 3.08. The molecule has 0 fully saturated rings. The summed E-state index contributed by atoms with van der Waals surface area (Å²) in [6, 6.07) is 4.71. The molecular formula is C10H11N5O. The van der Waals surface area contributed by atoms with Crippen molar-refractivity contribution in [3.63, 3.8) is 0 Å². The van der Waals surface area contributed by atoms with Crippen LogP contribution in [0.1, 0.15) is 10.4 Å². The van der Waals surface area contributed by atoms with E-state index in [1.54, 1.807) is 24.4 Å². The van der Waals surface area contributed by atoms with Crippen molar-refractivity contribution in [2.75, 3.05) is 16.8 Å². The van der Waals surface area contributed by atoms with Crippen LogP contribution >= 0.6 is 0 Å². The van der Waals surface area contributed by atoms with E-state index in [1.165, 1.54) is 6.20 Å². The zero-order valence-electron chi connectivity index (χ0n) is 8.40. The first-order chi connectivity index (χ1) is 7.65. The number of carbonyl (C=O) groups excluding carboxylic acids is 1. The second-order valence-corrected chi connectivity index (χ2v) is 3.33. The Balaban J connectivity index is 2.21. The van der Waals surface area contributed by atoms with Crippen molar-refractivity contribution in [2.24, 2.45) is 0 Å². The Hall–Kier alpha value is -2.50. The number of nitrogens with zero attached hydrogens (tertiary/aromatic N) is 1. The Morgan fingerprint density at radius 3 is 2.50 bits per heavy atom. The average Bonchev–Trinajstić information content (AvgIpc) is 2.68. The normalized spacial score (nSPS) is 10.0. The van der Waals surface area contributed by atoms with E-state index in [9.17, 15) is 4.79 Å². The summed E-state index contributed by atoms with van der Waals surface area (Å²) < 4.78 is 0. The van der Waals surface area contributed by atoms with Crippen LogP contribution in [0.4, 0.5) is 17.1 Å². The van der Waals surface area contributed by atoms with Gasteiger partial charge in [-0.15, -0.1) is 0 Å². The molecule has 2 rings (SSSR count). The number of nitrogen functional groups attached to an aromatic ring is 2. The highest BCUT2D eigenvalue weighted by Crippen LogP contribution is 2.15. The largest absolute Gasteiger partial charge is 0.399 e. The lowest BCUT2D eigenvalue weighted by molar-refractivity contribution is 0.102. The van der Waals surface area contributed by atoms with Crippen molar-refractivity contribution in [3.8, 4) is 0 Å². The molecular weight excluding hydrogens is 206 g/mol. The molecule has 1 aromatic heterocycles. The Labute approximate surface area is 91.6 Å². The van der Waals surface area contributed by atoms with E-state index in [2.05, 4.69) is 15.5 Å². The number of nitrogens with two attached hydrogens (primary N) is 2. The van der Waals surface area contributed by atoms with E-state index in [0.29, 0.717) is 22.6 Å². The highest BCUT2D eigenvalue weighted by Gasteiger charge is 2.07. The molecule has 0 aliphatic rings. The third kappa shape index (κ3) is 2.11. The number of H-pyrrole nitrogens is 1. The summed E-state index contributed by atoms with van der Waals surface area (Å²) in [6.45, 7) is 0. The number of aromatic nitrogens is 2. The van der Waals surface area contributed by atoms with Crippen LogP contribution in [0, 0.1) is 0 Å². The number of hydrogen-bond acceptors (Lipinski definition) is 4. The summed E-state index contributed by atoms with van der Waals surface area (Å²) in [5, 5.41) is 8.96. The molecule has 6 N–H and O–H groups in total. The number of hydrogen-bond donors (Lipinski definition) is 4. The molecule has 0 atom stereocenters. The molecule has 0 unspecified atom stereocenters. The van der Waals surface area contributed by atoms with Crippen molar-refractivity contribution >= 4 is 23.0 Å². The van der Waals surface area contributed by atoms with Gasteiger partial charge in [0, 0.05) is 23.1 Å². The first-order valence-electron chi connectivity index (χ1n) is 4.61. The molecule has 1 amide bonds. The van der Waals surface area contributed by atoms with Crippen LogP contribution in [0.2, 0.25) is 0 Å². The number of nitrogens with one attached hydrogen (secondary N) is 2. The van der Waals surface area contributed by atoms with Gasteiger partial charge in [-0.3, -0.25) is 9.89 Å². The van der Waals surface area contributed by atoms with Crippen LogP contribution in [-0.4, -0.2) is 16.1 Å². The van der Waals surface area contributed by atoms with Crippen molar-refractivity contribution in [3.05, 3.63) is 36.2 Å². The van der Waals surface area contributed by atoms with Crippen LogP contribution in [0.15, 0.2) is 30.6 Å². The summed E-state index contributed by atoms with van der Waals surface area (Å²) in [5.74, 6) is -0.277. The zero-order valence-corrected chi connectivity index (χ0v) is 8.40. The minimum atomic E-state index is -0.277. The van der Waals surface area contributed by atoms with Crippen molar-refractivity contribution in [2.45, 2.75) is 0 Å². The molecule has 0 saturated heterocycles. The fourth-order valence-corrected chi connectivity index (χ4v) is 1.33. The highest BCUT2D eigenvalue weighted by molar-refractivity contribution is 6.05. The molecule has 6 heteroatoms. The van der Waals surface area contributed by atoms with E-state index in [-0.39, 0.29) is 5.91 Å². The van der Waals surface area contributed by atoms with Gasteiger partial charge in [0.25, 0.3) is 5.91 Å². The van der Waals surface area contributed by atoms with E-state index in [0.717, 1.165) is 0 Å². The lowest BCUT2D eigenvalue weighted by Gasteiger charge is -2.04. The Kier molecular flexibility index (Phi) is 2.47. The fourth-order valence-electron chi connectivity index (χ4n) is 1.33. The van der Waals surface area contributed by atoms with Crippen LogP contribution in [0.3, 0.4) is 0 Å².